The second-order valence-corrected chi connectivity index (χ2v) is 11.8. The molecule has 4 aromatic rings. The first-order chi connectivity index (χ1) is 20.8. The number of carbonyl (C=O) groups is 2. The third kappa shape index (κ3) is 6.21. The number of benzene rings is 2. The number of likely N-dealkylation sites (tertiary alicyclic amines) is 1. The Morgan fingerprint density at radius 2 is 2.00 bits per heavy atom. The van der Waals surface area contributed by atoms with Crippen molar-refractivity contribution in [1.29, 1.82) is 0 Å². The first-order valence-corrected chi connectivity index (χ1v) is 15.3. The minimum atomic E-state index is -1.10. The number of halogens is 2. The fourth-order valence-electron chi connectivity index (χ4n) is 5.95. The number of methoxy groups -OCH3 is 1. The van der Waals surface area contributed by atoms with Gasteiger partial charge in [0, 0.05) is 37.0 Å². The molecule has 2 aliphatic heterocycles. The zero-order valence-corrected chi connectivity index (χ0v) is 24.7. The molecule has 0 bridgehead atoms. The molecule has 2 aromatic carbocycles. The van der Waals surface area contributed by atoms with Gasteiger partial charge in [0.25, 0.3) is 5.91 Å². The second kappa shape index (κ2) is 12.3. The highest BCUT2D eigenvalue weighted by Crippen LogP contribution is 2.38. The van der Waals surface area contributed by atoms with Crippen LogP contribution in [-0.2, 0) is 11.3 Å². The van der Waals surface area contributed by atoms with Crippen molar-refractivity contribution in [2.45, 2.75) is 42.5 Å². The van der Waals surface area contributed by atoms with E-state index >= 15 is 0 Å². The van der Waals surface area contributed by atoms with Gasteiger partial charge >= 0.3 is 5.97 Å². The molecular weight excluding hydrogens is 574 g/mol. The Kier molecular flexibility index (Phi) is 8.31. The highest BCUT2D eigenvalue weighted by atomic mass is 32.2. The van der Waals surface area contributed by atoms with E-state index in [-0.39, 0.29) is 48.4 Å². The van der Waals surface area contributed by atoms with E-state index in [1.807, 2.05) is 35.4 Å². The topological polar surface area (TPSA) is 92.1 Å². The van der Waals surface area contributed by atoms with Gasteiger partial charge in [0.05, 0.1) is 31.5 Å². The summed E-state index contributed by atoms with van der Waals surface area (Å²) in [5.41, 5.74) is 2.97. The van der Waals surface area contributed by atoms with Gasteiger partial charge in [0.15, 0.2) is 11.3 Å². The summed E-state index contributed by atoms with van der Waals surface area (Å²) in [5.74, 6) is -0.545. The van der Waals surface area contributed by atoms with E-state index in [2.05, 4.69) is 15.2 Å². The zero-order chi connectivity index (χ0) is 30.1. The summed E-state index contributed by atoms with van der Waals surface area (Å²) in [7, 11) is 1.36. The predicted octanol–water partition coefficient (Wildman–Crippen LogP) is 4.67. The van der Waals surface area contributed by atoms with Crippen LogP contribution in [0.25, 0.3) is 5.65 Å². The average Bonchev–Trinajstić information content (AvgIpc) is 3.74. The summed E-state index contributed by atoms with van der Waals surface area (Å²) in [4.78, 5) is 34.4. The van der Waals surface area contributed by atoms with Crippen molar-refractivity contribution in [3.63, 3.8) is 0 Å². The molecule has 224 valence electrons. The zero-order valence-electron chi connectivity index (χ0n) is 23.9. The summed E-state index contributed by atoms with van der Waals surface area (Å²) in [6.07, 6.45) is 3.26. The number of ether oxygens (including phenoxy) is 1. The van der Waals surface area contributed by atoms with Crippen LogP contribution < -0.4 is 10.2 Å². The van der Waals surface area contributed by atoms with Gasteiger partial charge in [-0.2, -0.15) is 0 Å². The molecule has 3 atom stereocenters. The van der Waals surface area contributed by atoms with Gasteiger partial charge in [0.2, 0.25) is 0 Å². The molecule has 12 heteroatoms. The molecule has 1 N–H and O–H groups in total. The quantitative estimate of drug-likeness (QED) is 0.229. The summed E-state index contributed by atoms with van der Waals surface area (Å²) in [6.45, 7) is 2.21. The molecule has 0 saturated carbocycles. The number of anilines is 1. The summed E-state index contributed by atoms with van der Waals surface area (Å²) >= 11 is 1.43. The molecule has 0 spiro atoms. The van der Waals surface area contributed by atoms with E-state index in [0.29, 0.717) is 35.7 Å². The molecule has 6 rings (SSSR count). The first-order valence-electron chi connectivity index (χ1n) is 14.1. The van der Waals surface area contributed by atoms with Gasteiger partial charge < -0.3 is 15.0 Å². The fraction of sp³-hybridized carbons (Fsp3) is 0.355. The van der Waals surface area contributed by atoms with Crippen molar-refractivity contribution in [1.82, 2.24) is 24.8 Å². The summed E-state index contributed by atoms with van der Waals surface area (Å²) < 4.78 is 35.4. The molecule has 4 heterocycles. The second-order valence-electron chi connectivity index (χ2n) is 10.9. The van der Waals surface area contributed by atoms with Crippen molar-refractivity contribution < 1.29 is 23.1 Å². The van der Waals surface area contributed by atoms with E-state index in [4.69, 9.17) is 9.84 Å². The number of alkyl halides is 1. The summed E-state index contributed by atoms with van der Waals surface area (Å²) in [6, 6.07) is 15.2. The number of nitrogens with one attached hydrogen (secondary N) is 1. The lowest BCUT2D eigenvalue weighted by Crippen LogP contribution is -2.37. The number of rotatable bonds is 8. The van der Waals surface area contributed by atoms with Gasteiger partial charge in [-0.15, -0.1) is 16.9 Å². The van der Waals surface area contributed by atoms with Crippen LogP contribution in [0.15, 0.2) is 65.7 Å². The van der Waals surface area contributed by atoms with E-state index in [0.717, 1.165) is 23.4 Å². The highest BCUT2D eigenvalue weighted by molar-refractivity contribution is 7.98. The molecule has 2 aromatic heterocycles. The van der Waals surface area contributed by atoms with Gasteiger partial charge in [-0.1, -0.05) is 12.1 Å². The number of amides is 1. The van der Waals surface area contributed by atoms with Crippen LogP contribution in [0.1, 0.15) is 50.9 Å². The largest absolute Gasteiger partial charge is 0.465 e. The Bertz CT molecular complexity index is 1670. The molecule has 1 amide bonds. The van der Waals surface area contributed by atoms with Crippen LogP contribution in [-0.4, -0.2) is 76.6 Å². The standard InChI is InChI=1S/C31H32F2N6O3S/c1-42-31(41)20-5-3-4-19(10-20)16-37-9-8-24(18-37)35-30(40)27-15-34-28-6-7-29(36-39(27)28)38-17-23(33)14-26(38)21-11-22(32)13-25(12-21)43-2/h3-7,10-13,15,23-24,26H,8-9,14,16-18H2,1-2H3,(H,35,40)/t23-,24-,26+/m0/s1. The number of hydrogen-bond acceptors (Lipinski definition) is 8. The van der Waals surface area contributed by atoms with Crippen LogP contribution in [0, 0.1) is 5.82 Å². The maximum Gasteiger partial charge on any atom is 0.337 e. The van der Waals surface area contributed by atoms with Crippen molar-refractivity contribution in [2.75, 3.05) is 37.9 Å². The maximum atomic E-state index is 14.7. The van der Waals surface area contributed by atoms with Crippen LogP contribution in [0.4, 0.5) is 14.6 Å². The lowest BCUT2D eigenvalue weighted by atomic mass is 10.0. The van der Waals surface area contributed by atoms with Crippen LogP contribution in [0.3, 0.4) is 0 Å². The molecule has 0 radical (unpaired) electrons. The number of fused-ring (bicyclic) bond motifs is 1. The normalized spacial score (nSPS) is 20.6. The van der Waals surface area contributed by atoms with E-state index in [1.165, 1.54) is 41.7 Å². The van der Waals surface area contributed by atoms with Crippen molar-refractivity contribution in [2.24, 2.45) is 0 Å². The predicted molar refractivity (Wildman–Crippen MR) is 160 cm³/mol. The van der Waals surface area contributed by atoms with E-state index in [1.54, 1.807) is 18.2 Å². The fourth-order valence-corrected chi connectivity index (χ4v) is 6.43. The van der Waals surface area contributed by atoms with Gasteiger partial charge in [0.1, 0.15) is 17.8 Å². The smallest absolute Gasteiger partial charge is 0.337 e. The molecule has 9 nitrogen and oxygen atoms in total. The Balaban J connectivity index is 1.16. The minimum Gasteiger partial charge on any atom is -0.465 e. The molecular formula is C31H32F2N6O3S. The molecule has 43 heavy (non-hydrogen) atoms. The van der Waals surface area contributed by atoms with Crippen LogP contribution >= 0.6 is 11.8 Å². The van der Waals surface area contributed by atoms with E-state index < -0.39 is 6.17 Å². The lowest BCUT2D eigenvalue weighted by molar-refractivity contribution is 0.0600. The third-order valence-electron chi connectivity index (χ3n) is 8.00. The SMILES string of the molecule is COC(=O)c1cccc(CN2CC[C@H](NC(=O)c3cnc4ccc(N5C[C@@H](F)C[C@@H]5c5cc(F)cc(SC)c5)nn34)C2)c1. The van der Waals surface area contributed by atoms with Gasteiger partial charge in [-0.3, -0.25) is 9.69 Å². The number of imidazole rings is 1. The number of nitrogens with zero attached hydrogens (tertiary/aromatic N) is 5. The number of thioether (sulfide) groups is 1. The number of carbonyl (C=O) groups excluding carboxylic acids is 2. The Morgan fingerprint density at radius 3 is 2.81 bits per heavy atom. The summed E-state index contributed by atoms with van der Waals surface area (Å²) in [5, 5.41) is 7.80. The monoisotopic (exact) mass is 606 g/mol. The van der Waals surface area contributed by atoms with Crippen molar-refractivity contribution >= 4 is 35.1 Å². The molecule has 2 aliphatic rings. The molecule has 2 saturated heterocycles. The highest BCUT2D eigenvalue weighted by Gasteiger charge is 2.35. The molecule has 2 fully saturated rings. The Hall–Kier alpha value is -4.03. The molecule has 0 aliphatic carbocycles. The number of esters is 1. The Labute approximate surface area is 252 Å². The minimum absolute atomic E-state index is 0.0705. The van der Waals surface area contributed by atoms with E-state index in [9.17, 15) is 18.4 Å². The first kappa shape index (κ1) is 29.1. The molecule has 0 unspecified atom stereocenters. The van der Waals surface area contributed by atoms with Gasteiger partial charge in [-0.25, -0.2) is 23.1 Å². The third-order valence-corrected chi connectivity index (χ3v) is 8.71. The lowest BCUT2D eigenvalue weighted by Gasteiger charge is -2.26. The van der Waals surface area contributed by atoms with Crippen LogP contribution in [0.5, 0.6) is 0 Å². The number of aromatic nitrogens is 3. The van der Waals surface area contributed by atoms with Gasteiger partial charge in [-0.05, 0) is 66.3 Å². The average molecular weight is 607 g/mol. The van der Waals surface area contributed by atoms with Crippen molar-refractivity contribution in [3.8, 4) is 0 Å². The Morgan fingerprint density at radius 1 is 1.14 bits per heavy atom. The van der Waals surface area contributed by atoms with Crippen LogP contribution in [0.2, 0.25) is 0 Å². The van der Waals surface area contributed by atoms with Crippen molar-refractivity contribution in [3.05, 3.63) is 89.0 Å². The maximum absolute atomic E-state index is 14.7. The number of hydrogen-bond donors (Lipinski definition) is 1.